The lowest BCUT2D eigenvalue weighted by Crippen LogP contribution is -2.34. The number of aromatic nitrogens is 2. The number of likely N-dealkylation sites (N-methyl/N-ethyl adjacent to an activating group) is 1. The highest BCUT2D eigenvalue weighted by Gasteiger charge is 2.30. The Morgan fingerprint density at radius 1 is 1.06 bits per heavy atom. The average Bonchev–Trinajstić information content (AvgIpc) is 3.75. The molecular formula is C29H39FN4O2. The number of anilines is 2. The number of hydrogen-bond acceptors (Lipinski definition) is 6. The highest BCUT2D eigenvalue weighted by Crippen LogP contribution is 2.42. The molecule has 1 aromatic heterocycles. The highest BCUT2D eigenvalue weighted by molar-refractivity contribution is 5.93. The molecule has 36 heavy (non-hydrogen) atoms. The molecule has 0 spiro atoms. The van der Waals surface area contributed by atoms with E-state index in [1.807, 2.05) is 20.9 Å². The second-order valence-corrected chi connectivity index (χ2v) is 9.63. The van der Waals surface area contributed by atoms with Crippen molar-refractivity contribution >= 4 is 22.4 Å². The Bertz CT molecular complexity index is 1190. The summed E-state index contributed by atoms with van der Waals surface area (Å²) in [6.07, 6.45) is 4.13. The van der Waals surface area contributed by atoms with Gasteiger partial charge in [0, 0.05) is 49.2 Å². The molecule has 0 atom stereocenters. The van der Waals surface area contributed by atoms with E-state index in [0.717, 1.165) is 83.9 Å². The van der Waals surface area contributed by atoms with Crippen LogP contribution in [0.15, 0.2) is 30.3 Å². The van der Waals surface area contributed by atoms with Crippen LogP contribution in [-0.4, -0.2) is 55.5 Å². The largest absolute Gasteiger partial charge is 0.496 e. The molecule has 1 N–H and O–H groups in total. The fourth-order valence-electron chi connectivity index (χ4n) is 5.14. The summed E-state index contributed by atoms with van der Waals surface area (Å²) in [5, 5.41) is 10.5. The third-order valence-corrected chi connectivity index (χ3v) is 7.23. The van der Waals surface area contributed by atoms with Crippen LogP contribution in [0.2, 0.25) is 0 Å². The molecular weight excluding hydrogens is 455 g/mol. The Labute approximate surface area is 214 Å². The standard InChI is InChI=1S/C27H33FN4O2.C2H6/c1-17-14-23-22(16-24(17)31(2)12-13-33)27(30-26(29-23)19-4-5-19)32-10-8-18(9-11-32)21-15-20(28)6-7-25(21)34-3;1-2/h6-7,14-16,18-19,33H,4-5,8-13H2,1-3H3;1-2H3. The molecule has 2 aromatic carbocycles. The summed E-state index contributed by atoms with van der Waals surface area (Å²) in [6.45, 7) is 8.46. The Kier molecular flexibility index (Phi) is 8.29. The first-order valence-electron chi connectivity index (χ1n) is 13.2. The van der Waals surface area contributed by atoms with Crippen molar-refractivity contribution in [1.29, 1.82) is 0 Å². The molecule has 0 amide bonds. The normalized spacial score (nSPS) is 16.0. The van der Waals surface area contributed by atoms with Gasteiger partial charge in [-0.3, -0.25) is 0 Å². The van der Waals surface area contributed by atoms with E-state index in [1.54, 1.807) is 19.2 Å². The molecule has 1 aliphatic heterocycles. The number of aliphatic hydroxyl groups is 1. The van der Waals surface area contributed by atoms with Gasteiger partial charge in [-0.2, -0.15) is 0 Å². The molecule has 1 saturated heterocycles. The van der Waals surface area contributed by atoms with Crippen molar-refractivity contribution in [3.05, 3.63) is 53.1 Å². The maximum absolute atomic E-state index is 14.0. The third kappa shape index (κ3) is 5.41. The number of methoxy groups -OCH3 is 1. The zero-order valence-electron chi connectivity index (χ0n) is 22.2. The van der Waals surface area contributed by atoms with Crippen molar-refractivity contribution in [3.63, 3.8) is 0 Å². The monoisotopic (exact) mass is 494 g/mol. The van der Waals surface area contributed by atoms with E-state index >= 15 is 0 Å². The van der Waals surface area contributed by atoms with Gasteiger partial charge in [0.05, 0.1) is 19.2 Å². The van der Waals surface area contributed by atoms with E-state index in [-0.39, 0.29) is 18.3 Å². The maximum Gasteiger partial charge on any atom is 0.140 e. The first-order valence-corrected chi connectivity index (χ1v) is 13.2. The van der Waals surface area contributed by atoms with Crippen molar-refractivity contribution in [2.75, 3.05) is 50.2 Å². The number of piperidine rings is 1. The lowest BCUT2D eigenvalue weighted by Gasteiger charge is -2.34. The first kappa shape index (κ1) is 26.1. The zero-order chi connectivity index (χ0) is 25.8. The van der Waals surface area contributed by atoms with Crippen LogP contribution in [0.1, 0.15) is 68.3 Å². The van der Waals surface area contributed by atoms with Crippen LogP contribution in [0.3, 0.4) is 0 Å². The molecule has 7 heteroatoms. The van der Waals surface area contributed by atoms with E-state index in [4.69, 9.17) is 14.7 Å². The van der Waals surface area contributed by atoms with Gasteiger partial charge in [0.15, 0.2) is 0 Å². The second kappa shape index (κ2) is 11.4. The van der Waals surface area contributed by atoms with Gasteiger partial charge >= 0.3 is 0 Å². The molecule has 0 radical (unpaired) electrons. The average molecular weight is 495 g/mol. The zero-order valence-corrected chi connectivity index (χ0v) is 22.2. The molecule has 2 aliphatic rings. The number of benzene rings is 2. The van der Waals surface area contributed by atoms with Crippen LogP contribution >= 0.6 is 0 Å². The van der Waals surface area contributed by atoms with Gasteiger partial charge in [-0.05, 0) is 74.4 Å². The van der Waals surface area contributed by atoms with Crippen molar-refractivity contribution in [1.82, 2.24) is 9.97 Å². The molecule has 0 unspecified atom stereocenters. The molecule has 5 rings (SSSR count). The summed E-state index contributed by atoms with van der Waals surface area (Å²) in [6, 6.07) is 9.13. The van der Waals surface area contributed by atoms with Gasteiger partial charge in [0.25, 0.3) is 0 Å². The molecule has 3 aromatic rings. The van der Waals surface area contributed by atoms with E-state index in [1.165, 1.54) is 6.07 Å². The number of halogens is 1. The van der Waals surface area contributed by atoms with E-state index in [9.17, 15) is 9.50 Å². The lowest BCUT2D eigenvalue weighted by molar-refractivity contribution is 0.304. The number of nitrogens with zero attached hydrogens (tertiary/aromatic N) is 4. The number of rotatable bonds is 7. The predicted molar refractivity (Wildman–Crippen MR) is 145 cm³/mol. The van der Waals surface area contributed by atoms with E-state index in [2.05, 4.69) is 28.9 Å². The van der Waals surface area contributed by atoms with Gasteiger partial charge in [0.1, 0.15) is 23.2 Å². The Morgan fingerprint density at radius 2 is 1.78 bits per heavy atom. The highest BCUT2D eigenvalue weighted by atomic mass is 19.1. The van der Waals surface area contributed by atoms with Gasteiger partial charge in [-0.25, -0.2) is 14.4 Å². The van der Waals surface area contributed by atoms with Crippen molar-refractivity contribution in [3.8, 4) is 5.75 Å². The van der Waals surface area contributed by atoms with Gasteiger partial charge in [-0.15, -0.1) is 0 Å². The number of hydrogen-bond donors (Lipinski definition) is 1. The summed E-state index contributed by atoms with van der Waals surface area (Å²) in [5.74, 6) is 3.21. The fraction of sp³-hybridized carbons (Fsp3) is 0.517. The lowest BCUT2D eigenvalue weighted by atomic mass is 9.88. The molecule has 6 nitrogen and oxygen atoms in total. The van der Waals surface area contributed by atoms with Crippen molar-refractivity contribution in [2.45, 2.75) is 58.3 Å². The maximum atomic E-state index is 14.0. The predicted octanol–water partition coefficient (Wildman–Crippen LogP) is 5.80. The summed E-state index contributed by atoms with van der Waals surface area (Å²) < 4.78 is 19.5. The number of aliphatic hydroxyl groups excluding tert-OH is 1. The van der Waals surface area contributed by atoms with Gasteiger partial charge < -0.3 is 19.6 Å². The summed E-state index contributed by atoms with van der Waals surface area (Å²) >= 11 is 0. The van der Waals surface area contributed by atoms with Crippen molar-refractivity contribution in [2.24, 2.45) is 0 Å². The van der Waals surface area contributed by atoms with Gasteiger partial charge in [0.2, 0.25) is 0 Å². The summed E-state index contributed by atoms with van der Waals surface area (Å²) in [7, 11) is 3.65. The van der Waals surface area contributed by atoms with E-state index in [0.29, 0.717) is 12.5 Å². The van der Waals surface area contributed by atoms with Gasteiger partial charge in [-0.1, -0.05) is 13.8 Å². The SMILES string of the molecule is CC.COc1ccc(F)cc1C1CCN(c2nc(C3CC3)nc3cc(C)c(N(C)CCO)cc23)CC1. The third-order valence-electron chi connectivity index (χ3n) is 7.23. The Hall–Kier alpha value is -2.93. The van der Waals surface area contributed by atoms with Crippen LogP contribution in [0, 0.1) is 12.7 Å². The minimum atomic E-state index is -0.219. The minimum absolute atomic E-state index is 0.106. The smallest absolute Gasteiger partial charge is 0.140 e. The van der Waals surface area contributed by atoms with Crippen LogP contribution in [-0.2, 0) is 0 Å². The van der Waals surface area contributed by atoms with E-state index < -0.39 is 0 Å². The minimum Gasteiger partial charge on any atom is -0.496 e. The molecule has 0 bridgehead atoms. The van der Waals surface area contributed by atoms with Crippen molar-refractivity contribution < 1.29 is 14.2 Å². The molecule has 2 heterocycles. The Morgan fingerprint density at radius 3 is 2.42 bits per heavy atom. The number of aryl methyl sites for hydroxylation is 1. The number of fused-ring (bicyclic) bond motifs is 1. The van der Waals surface area contributed by atoms with Crippen LogP contribution in [0.5, 0.6) is 5.75 Å². The topological polar surface area (TPSA) is 61.7 Å². The fourth-order valence-corrected chi connectivity index (χ4v) is 5.14. The van der Waals surface area contributed by atoms with Crippen LogP contribution in [0.25, 0.3) is 10.9 Å². The Balaban J connectivity index is 0.00000148. The summed E-state index contributed by atoms with van der Waals surface area (Å²) in [5.41, 5.74) is 4.17. The molecule has 1 saturated carbocycles. The molecule has 1 aliphatic carbocycles. The number of ether oxygens (including phenoxy) is 1. The van der Waals surface area contributed by atoms with Crippen LogP contribution < -0.4 is 14.5 Å². The quantitative estimate of drug-likeness (QED) is 0.448. The first-order chi connectivity index (χ1) is 17.5. The van der Waals surface area contributed by atoms with Crippen LogP contribution in [0.4, 0.5) is 15.9 Å². The summed E-state index contributed by atoms with van der Waals surface area (Å²) in [4.78, 5) is 14.4. The molecule has 194 valence electrons. The second-order valence-electron chi connectivity index (χ2n) is 9.63. The molecule has 2 fully saturated rings.